The summed E-state index contributed by atoms with van der Waals surface area (Å²) in [5, 5.41) is 13.4. The number of hydrogen-bond donors (Lipinski definition) is 1. The van der Waals surface area contributed by atoms with E-state index >= 15 is 0 Å². The summed E-state index contributed by atoms with van der Waals surface area (Å²) in [5.41, 5.74) is -0.633. The van der Waals surface area contributed by atoms with Crippen LogP contribution in [-0.4, -0.2) is 16.9 Å². The minimum absolute atomic E-state index is 0.0691. The van der Waals surface area contributed by atoms with Crippen LogP contribution in [0.25, 0.3) is 0 Å². The maximum atomic E-state index is 13.1. The number of nitrogens with zero attached hydrogens (tertiary/aromatic N) is 1. The zero-order valence-corrected chi connectivity index (χ0v) is 10.3. The van der Waals surface area contributed by atoms with E-state index in [1.165, 1.54) is 0 Å². The molecule has 0 fully saturated rings. The average Bonchev–Trinajstić information content (AvgIpc) is 2.35. The van der Waals surface area contributed by atoms with Crippen molar-refractivity contribution in [3.05, 3.63) is 39.7 Å². The van der Waals surface area contributed by atoms with E-state index in [1.54, 1.807) is 0 Å². The second-order valence-corrected chi connectivity index (χ2v) is 3.91. The van der Waals surface area contributed by atoms with Gasteiger partial charge < -0.3 is 5.32 Å². The van der Waals surface area contributed by atoms with Crippen LogP contribution in [0.2, 0.25) is 0 Å². The summed E-state index contributed by atoms with van der Waals surface area (Å²) >= 11 is 0. The molecule has 0 saturated heterocycles. The second kappa shape index (κ2) is 6.09. The molecule has 98 valence electrons. The Bertz CT molecular complexity index is 459. The van der Waals surface area contributed by atoms with Crippen molar-refractivity contribution >= 4 is 11.6 Å². The molecule has 1 rings (SSSR count). The Morgan fingerprint density at radius 2 is 2.06 bits per heavy atom. The van der Waals surface area contributed by atoms with Gasteiger partial charge in [0, 0.05) is 12.1 Å². The molecule has 0 spiro atoms. The van der Waals surface area contributed by atoms with Crippen molar-refractivity contribution in [2.75, 3.05) is 0 Å². The average molecular weight is 254 g/mol. The van der Waals surface area contributed by atoms with Gasteiger partial charge in [0.25, 0.3) is 11.6 Å². The fraction of sp³-hybridized carbons (Fsp3) is 0.417. The molecule has 1 aromatic rings. The van der Waals surface area contributed by atoms with Gasteiger partial charge in [0.05, 0.1) is 4.92 Å². The van der Waals surface area contributed by atoms with Gasteiger partial charge in [-0.15, -0.1) is 0 Å². The number of amides is 1. The van der Waals surface area contributed by atoms with E-state index < -0.39 is 16.6 Å². The Morgan fingerprint density at radius 1 is 1.44 bits per heavy atom. The molecule has 0 aliphatic heterocycles. The molecule has 0 saturated carbocycles. The number of nitrogens with one attached hydrogen (secondary N) is 1. The molecule has 5 nitrogen and oxygen atoms in total. The van der Waals surface area contributed by atoms with Crippen molar-refractivity contribution in [3.8, 4) is 0 Å². The smallest absolute Gasteiger partial charge is 0.282 e. The third-order valence-corrected chi connectivity index (χ3v) is 2.72. The molecule has 1 aromatic carbocycles. The fourth-order valence-electron chi connectivity index (χ4n) is 1.61. The maximum absolute atomic E-state index is 13.1. The van der Waals surface area contributed by atoms with E-state index in [2.05, 4.69) is 5.32 Å². The molecule has 0 unspecified atom stereocenters. The number of hydrogen-bond acceptors (Lipinski definition) is 3. The highest BCUT2D eigenvalue weighted by Gasteiger charge is 2.22. The van der Waals surface area contributed by atoms with Gasteiger partial charge in [0.2, 0.25) is 0 Å². The van der Waals surface area contributed by atoms with Gasteiger partial charge in [-0.1, -0.05) is 13.8 Å². The van der Waals surface area contributed by atoms with Gasteiger partial charge in [-0.2, -0.15) is 0 Å². The monoisotopic (exact) mass is 254 g/mol. The highest BCUT2D eigenvalue weighted by molar-refractivity contribution is 5.98. The zero-order chi connectivity index (χ0) is 13.7. The van der Waals surface area contributed by atoms with Gasteiger partial charge in [-0.3, -0.25) is 14.9 Å². The van der Waals surface area contributed by atoms with Gasteiger partial charge in [-0.25, -0.2) is 4.39 Å². The first kappa shape index (κ1) is 14.1. The highest BCUT2D eigenvalue weighted by Crippen LogP contribution is 2.19. The van der Waals surface area contributed by atoms with E-state index in [4.69, 9.17) is 0 Å². The molecular formula is C12H15FN2O3. The fourth-order valence-corrected chi connectivity index (χ4v) is 1.61. The lowest BCUT2D eigenvalue weighted by Gasteiger charge is -2.14. The largest absolute Gasteiger partial charge is 0.349 e. The summed E-state index contributed by atoms with van der Waals surface area (Å²) in [7, 11) is 0. The quantitative estimate of drug-likeness (QED) is 0.648. The molecule has 1 amide bonds. The van der Waals surface area contributed by atoms with E-state index in [9.17, 15) is 19.3 Å². The molecule has 6 heteroatoms. The van der Waals surface area contributed by atoms with Crippen LogP contribution in [0.3, 0.4) is 0 Å². The van der Waals surface area contributed by atoms with E-state index in [1.807, 2.05) is 13.8 Å². The standard InChI is InChI=1S/C12H15FN2O3/c1-3-9(4-2)14-12(16)10-7-8(13)5-6-11(10)15(17)18/h5-7,9H,3-4H2,1-2H3,(H,14,16). The molecule has 0 aliphatic carbocycles. The Hall–Kier alpha value is -1.98. The van der Waals surface area contributed by atoms with Crippen molar-refractivity contribution in [1.82, 2.24) is 5.32 Å². The summed E-state index contributed by atoms with van der Waals surface area (Å²) in [6.07, 6.45) is 1.43. The number of carbonyl (C=O) groups is 1. The van der Waals surface area contributed by atoms with Crippen LogP contribution in [-0.2, 0) is 0 Å². The zero-order valence-electron chi connectivity index (χ0n) is 10.3. The summed E-state index contributed by atoms with van der Waals surface area (Å²) in [4.78, 5) is 21.9. The van der Waals surface area contributed by atoms with Crippen molar-refractivity contribution in [2.45, 2.75) is 32.7 Å². The Kier molecular flexibility index (Phi) is 4.76. The normalized spacial score (nSPS) is 10.4. The van der Waals surface area contributed by atoms with Crippen LogP contribution < -0.4 is 5.32 Å². The number of benzene rings is 1. The third-order valence-electron chi connectivity index (χ3n) is 2.72. The molecule has 0 heterocycles. The maximum Gasteiger partial charge on any atom is 0.282 e. The molecule has 0 radical (unpaired) electrons. The van der Waals surface area contributed by atoms with Crippen LogP contribution in [0.4, 0.5) is 10.1 Å². The van der Waals surface area contributed by atoms with Crippen molar-refractivity contribution < 1.29 is 14.1 Å². The Labute approximate surface area is 104 Å². The summed E-state index contributed by atoms with van der Waals surface area (Å²) in [6.45, 7) is 3.79. The predicted molar refractivity (Wildman–Crippen MR) is 64.9 cm³/mol. The highest BCUT2D eigenvalue weighted by atomic mass is 19.1. The number of nitro benzene ring substituents is 1. The van der Waals surface area contributed by atoms with Gasteiger partial charge in [0.1, 0.15) is 11.4 Å². The molecule has 0 aromatic heterocycles. The lowest BCUT2D eigenvalue weighted by molar-refractivity contribution is -0.385. The molecule has 18 heavy (non-hydrogen) atoms. The summed E-state index contributed by atoms with van der Waals surface area (Å²) in [6, 6.07) is 2.78. The Balaban J connectivity index is 3.03. The second-order valence-electron chi connectivity index (χ2n) is 3.91. The van der Waals surface area contributed by atoms with E-state index in [-0.39, 0.29) is 17.3 Å². The van der Waals surface area contributed by atoms with Crippen molar-refractivity contribution in [1.29, 1.82) is 0 Å². The third kappa shape index (κ3) is 3.26. The molecular weight excluding hydrogens is 239 g/mol. The molecule has 1 N–H and O–H groups in total. The number of carbonyl (C=O) groups excluding carboxylic acids is 1. The number of halogens is 1. The summed E-state index contributed by atoms with van der Waals surface area (Å²) < 4.78 is 13.1. The number of nitro groups is 1. The lowest BCUT2D eigenvalue weighted by Crippen LogP contribution is -2.34. The van der Waals surface area contributed by atoms with Gasteiger partial charge in [-0.05, 0) is 25.0 Å². The topological polar surface area (TPSA) is 72.2 Å². The predicted octanol–water partition coefficient (Wildman–Crippen LogP) is 2.65. The van der Waals surface area contributed by atoms with Crippen molar-refractivity contribution in [2.24, 2.45) is 0 Å². The molecule has 0 atom stereocenters. The number of rotatable bonds is 5. The first-order valence-electron chi connectivity index (χ1n) is 5.74. The molecule has 0 bridgehead atoms. The minimum atomic E-state index is -0.693. The van der Waals surface area contributed by atoms with Crippen LogP contribution in [0.15, 0.2) is 18.2 Å². The van der Waals surface area contributed by atoms with Crippen LogP contribution in [0, 0.1) is 15.9 Å². The van der Waals surface area contributed by atoms with Crippen LogP contribution >= 0.6 is 0 Å². The van der Waals surface area contributed by atoms with Crippen molar-refractivity contribution in [3.63, 3.8) is 0 Å². The first-order valence-corrected chi connectivity index (χ1v) is 5.74. The lowest BCUT2D eigenvalue weighted by atomic mass is 10.1. The SMILES string of the molecule is CCC(CC)NC(=O)c1cc(F)ccc1[N+](=O)[O-]. The summed E-state index contributed by atoms with van der Waals surface area (Å²) in [5.74, 6) is -1.29. The van der Waals surface area contributed by atoms with Gasteiger partial charge >= 0.3 is 0 Å². The Morgan fingerprint density at radius 3 is 2.56 bits per heavy atom. The van der Waals surface area contributed by atoms with E-state index in [0.29, 0.717) is 12.8 Å². The van der Waals surface area contributed by atoms with Crippen LogP contribution in [0.5, 0.6) is 0 Å². The van der Waals surface area contributed by atoms with Gasteiger partial charge in [0.15, 0.2) is 0 Å². The van der Waals surface area contributed by atoms with Crippen LogP contribution in [0.1, 0.15) is 37.0 Å². The van der Waals surface area contributed by atoms with E-state index in [0.717, 1.165) is 18.2 Å². The first-order chi connectivity index (χ1) is 8.49. The molecule has 0 aliphatic rings. The minimum Gasteiger partial charge on any atom is -0.349 e.